The molecule has 0 bridgehead atoms. The molecule has 0 aliphatic carbocycles. The lowest BCUT2D eigenvalue weighted by molar-refractivity contribution is -0.0132. The maximum absolute atomic E-state index is 11.5. The molecule has 0 aliphatic heterocycles. The van der Waals surface area contributed by atoms with Gasteiger partial charge in [-0.2, -0.15) is 0 Å². The van der Waals surface area contributed by atoms with Crippen molar-refractivity contribution < 1.29 is 19.3 Å². The average molecular weight is 707 g/mol. The number of unbranched alkanes of at least 4 members (excludes halogenated alkanes) is 3. The van der Waals surface area contributed by atoms with Crippen LogP contribution in [-0.2, 0) is 33.5 Å². The normalized spacial score (nSPS) is 15.1. The Bertz CT molecular complexity index is 1520. The van der Waals surface area contributed by atoms with Crippen LogP contribution in [0.4, 0.5) is 0 Å². The summed E-state index contributed by atoms with van der Waals surface area (Å²) < 4.78 is 20.5. The second-order valence-electron chi connectivity index (χ2n) is 14.8. The number of hydrogen-bond acceptors (Lipinski definition) is 4. The monoisotopic (exact) mass is 706 g/mol. The molecule has 0 fully saturated rings. The highest BCUT2D eigenvalue weighted by Crippen LogP contribution is 2.34. The molecule has 0 saturated heterocycles. The Morgan fingerprint density at radius 1 is 0.442 bits per heavy atom. The van der Waals surface area contributed by atoms with Gasteiger partial charge in [0.05, 0.1) is 36.6 Å². The van der Waals surface area contributed by atoms with E-state index in [2.05, 4.69) is 139 Å². The Morgan fingerprint density at radius 2 is 0.788 bits per heavy atom. The topological polar surface area (TPSA) is 47.9 Å². The molecule has 0 aliphatic rings. The summed E-state index contributed by atoms with van der Waals surface area (Å²) in [6, 6.07) is 35.8. The van der Waals surface area contributed by atoms with Crippen LogP contribution in [0, 0.1) is 0 Å². The molecule has 6 unspecified atom stereocenters. The van der Waals surface area contributed by atoms with Gasteiger partial charge in [-0.25, -0.2) is 0 Å². The van der Waals surface area contributed by atoms with Crippen LogP contribution in [0.3, 0.4) is 0 Å². The molecule has 282 valence electrons. The van der Waals surface area contributed by atoms with E-state index in [0.717, 1.165) is 75.3 Å². The largest absolute Gasteiger partial charge is 0.508 e. The Balaban J connectivity index is 1.63. The Hall–Kier alpha value is -3.44. The summed E-state index contributed by atoms with van der Waals surface area (Å²) in [7, 11) is 0. The number of rotatable bonds is 24. The van der Waals surface area contributed by atoms with Gasteiger partial charge in [-0.05, 0) is 92.3 Å². The lowest BCUT2D eigenvalue weighted by Gasteiger charge is -2.28. The van der Waals surface area contributed by atoms with E-state index >= 15 is 0 Å². The van der Waals surface area contributed by atoms with E-state index in [0.29, 0.717) is 18.6 Å². The molecular formula is C48H66O4. The van der Waals surface area contributed by atoms with E-state index < -0.39 is 0 Å². The molecule has 6 atom stereocenters. The summed E-state index contributed by atoms with van der Waals surface area (Å²) >= 11 is 0. The molecule has 0 amide bonds. The van der Waals surface area contributed by atoms with Crippen LogP contribution in [0.25, 0.3) is 0 Å². The van der Waals surface area contributed by atoms with Crippen molar-refractivity contribution in [3.8, 4) is 5.75 Å². The lowest BCUT2D eigenvalue weighted by Crippen LogP contribution is -2.23. The van der Waals surface area contributed by atoms with Crippen molar-refractivity contribution in [1.29, 1.82) is 0 Å². The Kier molecular flexibility index (Phi) is 17.9. The van der Waals surface area contributed by atoms with Crippen molar-refractivity contribution in [1.82, 2.24) is 0 Å². The van der Waals surface area contributed by atoms with Crippen LogP contribution in [0.2, 0.25) is 0 Å². The Labute approximate surface area is 315 Å². The summed E-state index contributed by atoms with van der Waals surface area (Å²) in [5.41, 5.74) is 7.00. The quantitative estimate of drug-likeness (QED) is 0.0788. The van der Waals surface area contributed by atoms with Gasteiger partial charge in [-0.15, -0.1) is 0 Å². The molecule has 0 spiro atoms. The first kappa shape index (κ1) is 41.3. The molecule has 4 heteroatoms. The van der Waals surface area contributed by atoms with Gasteiger partial charge in [0, 0.05) is 6.42 Å². The van der Waals surface area contributed by atoms with Gasteiger partial charge in [0.1, 0.15) is 5.75 Å². The minimum atomic E-state index is -0.0926. The van der Waals surface area contributed by atoms with Crippen molar-refractivity contribution >= 4 is 0 Å². The van der Waals surface area contributed by atoms with Crippen molar-refractivity contribution in [2.24, 2.45) is 0 Å². The average Bonchev–Trinajstić information content (AvgIpc) is 3.17. The van der Waals surface area contributed by atoms with Crippen molar-refractivity contribution in [2.75, 3.05) is 0 Å². The summed E-state index contributed by atoms with van der Waals surface area (Å²) in [6.45, 7) is 13.2. The smallest absolute Gasteiger partial charge is 0.119 e. The first-order chi connectivity index (χ1) is 25.3. The molecule has 0 radical (unpaired) electrons. The van der Waals surface area contributed by atoms with E-state index in [1.807, 2.05) is 6.07 Å². The third-order valence-corrected chi connectivity index (χ3v) is 10.2. The molecular weight excluding hydrogens is 641 g/mol. The van der Waals surface area contributed by atoms with Gasteiger partial charge < -0.3 is 19.3 Å². The highest BCUT2D eigenvalue weighted by Gasteiger charge is 2.25. The number of benzene rings is 4. The van der Waals surface area contributed by atoms with Crippen LogP contribution in [-0.4, -0.2) is 23.4 Å². The molecule has 1 N–H and O–H groups in total. The fourth-order valence-corrected chi connectivity index (χ4v) is 7.38. The minimum absolute atomic E-state index is 0.0128. The predicted molar refractivity (Wildman–Crippen MR) is 217 cm³/mol. The summed E-state index contributed by atoms with van der Waals surface area (Å²) in [4.78, 5) is 0. The second kappa shape index (κ2) is 22.6. The van der Waals surface area contributed by atoms with Crippen molar-refractivity contribution in [2.45, 2.75) is 155 Å². The molecule has 0 heterocycles. The molecule has 4 aromatic carbocycles. The molecule has 0 aromatic heterocycles. The predicted octanol–water partition coefficient (Wildman–Crippen LogP) is 13.0. The van der Waals surface area contributed by atoms with E-state index in [4.69, 9.17) is 14.2 Å². The third-order valence-electron chi connectivity index (χ3n) is 10.2. The summed E-state index contributed by atoms with van der Waals surface area (Å²) in [5, 5.41) is 11.5. The molecule has 52 heavy (non-hydrogen) atoms. The van der Waals surface area contributed by atoms with Gasteiger partial charge in [-0.1, -0.05) is 156 Å². The fourth-order valence-electron chi connectivity index (χ4n) is 7.38. The minimum Gasteiger partial charge on any atom is -0.508 e. The van der Waals surface area contributed by atoms with Gasteiger partial charge in [0.15, 0.2) is 0 Å². The van der Waals surface area contributed by atoms with Crippen molar-refractivity contribution in [3.05, 3.63) is 137 Å². The van der Waals surface area contributed by atoms with Crippen molar-refractivity contribution in [3.63, 3.8) is 0 Å². The highest BCUT2D eigenvalue weighted by atomic mass is 16.5. The van der Waals surface area contributed by atoms with Crippen LogP contribution in [0.15, 0.2) is 103 Å². The first-order valence-electron chi connectivity index (χ1n) is 20.3. The number of hydrogen-bond donors (Lipinski definition) is 1. The SMILES string of the molecule is CCCCC(OC(C)Cc1ccc(O)c(CC(C)OC(CCCC)c2ccccc2)c1CC(C)OC(CCCC)c1ccccc1)c1ccccc1. The van der Waals surface area contributed by atoms with E-state index in [1.165, 1.54) is 22.3 Å². The Morgan fingerprint density at radius 3 is 1.15 bits per heavy atom. The van der Waals surface area contributed by atoms with E-state index in [1.54, 1.807) is 0 Å². The lowest BCUT2D eigenvalue weighted by atomic mass is 9.89. The third kappa shape index (κ3) is 13.2. The van der Waals surface area contributed by atoms with Gasteiger partial charge in [-0.3, -0.25) is 0 Å². The van der Waals surface area contributed by atoms with Gasteiger partial charge in [0.2, 0.25) is 0 Å². The molecule has 4 rings (SSSR count). The molecule has 4 aromatic rings. The number of aromatic hydroxyl groups is 1. The highest BCUT2D eigenvalue weighted by molar-refractivity contribution is 5.46. The summed E-state index contributed by atoms with van der Waals surface area (Å²) in [5.74, 6) is 0.329. The van der Waals surface area contributed by atoms with Crippen LogP contribution in [0.1, 0.15) is 151 Å². The second-order valence-corrected chi connectivity index (χ2v) is 14.8. The van der Waals surface area contributed by atoms with Crippen LogP contribution < -0.4 is 0 Å². The zero-order valence-corrected chi connectivity index (χ0v) is 32.9. The number of ether oxygens (including phenoxy) is 3. The van der Waals surface area contributed by atoms with Gasteiger partial charge in [0.25, 0.3) is 0 Å². The zero-order valence-electron chi connectivity index (χ0n) is 32.9. The molecule has 4 nitrogen and oxygen atoms in total. The fraction of sp³-hybridized carbons (Fsp3) is 0.500. The number of phenolic OH excluding ortho intramolecular Hbond substituents is 1. The van der Waals surface area contributed by atoms with Crippen LogP contribution in [0.5, 0.6) is 5.75 Å². The standard InChI is InChI=1S/C48H66O4/c1-7-10-28-46(39-22-16-13-17-23-39)50-36(4)33-42-31-32-45(49)44(35-38(6)52-48(30-12-9-3)41-26-20-15-21-27-41)43(42)34-37(5)51-47(29-11-8-2)40-24-18-14-19-25-40/h13-27,31-32,36-38,46-49H,7-12,28-30,33-35H2,1-6H3. The maximum Gasteiger partial charge on any atom is 0.119 e. The van der Waals surface area contributed by atoms with Crippen LogP contribution >= 0.6 is 0 Å². The molecule has 0 saturated carbocycles. The summed E-state index contributed by atoms with van der Waals surface area (Å²) in [6.07, 6.45) is 11.7. The zero-order chi connectivity index (χ0) is 37.1. The van der Waals surface area contributed by atoms with E-state index in [-0.39, 0.29) is 36.6 Å². The number of phenols is 1. The van der Waals surface area contributed by atoms with Gasteiger partial charge >= 0.3 is 0 Å². The maximum atomic E-state index is 11.5. The first-order valence-corrected chi connectivity index (χ1v) is 20.3. The van der Waals surface area contributed by atoms with E-state index in [9.17, 15) is 5.11 Å².